The van der Waals surface area contributed by atoms with Crippen LogP contribution in [0.25, 0.3) is 5.70 Å². The van der Waals surface area contributed by atoms with E-state index in [0.29, 0.717) is 22.4 Å². The second kappa shape index (κ2) is 12.6. The van der Waals surface area contributed by atoms with E-state index in [-0.39, 0.29) is 30.2 Å². The monoisotopic (exact) mass is 515 g/mol. The Morgan fingerprint density at radius 2 is 1.89 bits per heavy atom. The number of benzene rings is 2. The number of allylic oxidation sites excluding steroid dienone is 3. The molecule has 2 N–H and O–H groups in total. The van der Waals surface area contributed by atoms with Gasteiger partial charge in [-0.15, -0.1) is 0 Å². The van der Waals surface area contributed by atoms with Gasteiger partial charge < -0.3 is 10.6 Å². The Kier molecular flexibility index (Phi) is 9.29. The quantitative estimate of drug-likeness (QED) is 0.260. The third-order valence-corrected chi connectivity index (χ3v) is 5.75. The Bertz CT molecular complexity index is 1340. The first-order valence-electron chi connectivity index (χ1n) is 11.9. The third-order valence-electron chi connectivity index (χ3n) is 5.75. The molecule has 0 aromatic heterocycles. The third kappa shape index (κ3) is 6.60. The van der Waals surface area contributed by atoms with E-state index in [0.717, 1.165) is 10.6 Å². The maximum atomic E-state index is 13.5. The van der Waals surface area contributed by atoms with Crippen molar-refractivity contribution < 1.29 is 23.6 Å². The summed E-state index contributed by atoms with van der Waals surface area (Å²) >= 11 is 0. The summed E-state index contributed by atoms with van der Waals surface area (Å²) in [6, 6.07) is 10.5. The van der Waals surface area contributed by atoms with Crippen molar-refractivity contribution in [2.24, 2.45) is 0 Å². The van der Waals surface area contributed by atoms with E-state index in [1.807, 2.05) is 6.92 Å². The highest BCUT2D eigenvalue weighted by Crippen LogP contribution is 2.37. The van der Waals surface area contributed by atoms with Crippen LogP contribution in [0.2, 0.25) is 0 Å². The molecular weight excluding hydrogens is 485 g/mol. The molecule has 2 aromatic rings. The number of nitrogens with zero attached hydrogens (tertiary/aromatic N) is 1. The van der Waals surface area contributed by atoms with Crippen molar-refractivity contribution in [2.75, 3.05) is 11.9 Å². The molecule has 1 aliphatic rings. The van der Waals surface area contributed by atoms with Gasteiger partial charge in [0.2, 0.25) is 5.91 Å². The fraction of sp³-hybridized carbons (Fsp3) is 0.167. The summed E-state index contributed by atoms with van der Waals surface area (Å²) in [7, 11) is 0. The smallest absolute Gasteiger partial charge is 0.267 e. The lowest BCUT2D eigenvalue weighted by molar-refractivity contribution is -0.168. The molecule has 1 atom stereocenters. The van der Waals surface area contributed by atoms with Gasteiger partial charge in [0.15, 0.2) is 0 Å². The summed E-state index contributed by atoms with van der Waals surface area (Å²) in [5.74, 6) is -3.18. The zero-order chi connectivity index (χ0) is 27.8. The Morgan fingerprint density at radius 3 is 2.55 bits per heavy atom. The first-order valence-corrected chi connectivity index (χ1v) is 11.9. The average molecular weight is 516 g/mol. The number of nitrogens with one attached hydrogen (secondary N) is 2. The van der Waals surface area contributed by atoms with Gasteiger partial charge in [0.25, 0.3) is 11.8 Å². The van der Waals surface area contributed by atoms with E-state index < -0.39 is 23.6 Å². The number of carbonyl (C=O) groups excluding carboxylic acids is 3. The molecule has 196 valence electrons. The number of halogens is 1. The molecule has 0 fully saturated rings. The van der Waals surface area contributed by atoms with E-state index >= 15 is 0 Å². The van der Waals surface area contributed by atoms with Crippen molar-refractivity contribution in [3.63, 3.8) is 0 Å². The van der Waals surface area contributed by atoms with Crippen LogP contribution in [-0.4, -0.2) is 29.4 Å². The number of hydrogen-bond donors (Lipinski definition) is 2. The summed E-state index contributed by atoms with van der Waals surface area (Å²) in [5, 5.41) is 6.52. The molecule has 0 radical (unpaired) electrons. The van der Waals surface area contributed by atoms with Gasteiger partial charge in [0, 0.05) is 23.4 Å². The minimum atomic E-state index is -1.23. The number of fused-ring (bicyclic) bond motifs is 1. The highest BCUT2D eigenvalue weighted by atomic mass is 19.1. The molecule has 2 aromatic carbocycles. The normalized spacial score (nSPS) is 15.3. The summed E-state index contributed by atoms with van der Waals surface area (Å²) in [6.45, 7) is 15.2. The summed E-state index contributed by atoms with van der Waals surface area (Å²) < 4.78 is 13.2. The van der Waals surface area contributed by atoms with E-state index in [1.54, 1.807) is 61.6 Å². The lowest BCUT2D eigenvalue weighted by Gasteiger charge is -2.34. The van der Waals surface area contributed by atoms with Crippen LogP contribution in [0.3, 0.4) is 0 Å². The molecule has 3 rings (SSSR count). The summed E-state index contributed by atoms with van der Waals surface area (Å²) in [4.78, 5) is 45.0. The fourth-order valence-corrected chi connectivity index (χ4v) is 3.82. The van der Waals surface area contributed by atoms with Crippen LogP contribution in [0.4, 0.5) is 10.1 Å². The number of rotatable bonds is 10. The highest BCUT2D eigenvalue weighted by Gasteiger charge is 2.41. The molecule has 1 heterocycles. The molecule has 1 aliphatic heterocycles. The Morgan fingerprint density at radius 1 is 1.18 bits per heavy atom. The Labute approximate surface area is 221 Å². The van der Waals surface area contributed by atoms with Crippen molar-refractivity contribution >= 4 is 29.1 Å². The number of hydrogen-bond acceptors (Lipinski definition) is 4. The predicted octanol–water partition coefficient (Wildman–Crippen LogP) is 5.17. The average Bonchev–Trinajstić information content (AvgIpc) is 2.89. The molecule has 8 heteroatoms. The number of amides is 3. The van der Waals surface area contributed by atoms with Gasteiger partial charge in [-0.25, -0.2) is 4.39 Å². The van der Waals surface area contributed by atoms with Crippen molar-refractivity contribution in [2.45, 2.75) is 26.3 Å². The van der Waals surface area contributed by atoms with Gasteiger partial charge >= 0.3 is 0 Å². The molecule has 38 heavy (non-hydrogen) atoms. The molecule has 3 amide bonds. The van der Waals surface area contributed by atoms with Gasteiger partial charge in [-0.1, -0.05) is 62.2 Å². The molecule has 0 saturated heterocycles. The van der Waals surface area contributed by atoms with Gasteiger partial charge in [0.05, 0.1) is 12.3 Å². The zero-order valence-corrected chi connectivity index (χ0v) is 21.4. The maximum absolute atomic E-state index is 13.5. The molecule has 1 unspecified atom stereocenters. The molecule has 7 nitrogen and oxygen atoms in total. The van der Waals surface area contributed by atoms with Crippen LogP contribution >= 0.6 is 0 Å². The van der Waals surface area contributed by atoms with E-state index in [9.17, 15) is 18.8 Å². The fourth-order valence-electron chi connectivity index (χ4n) is 3.82. The number of carbonyl (C=O) groups is 3. The first-order chi connectivity index (χ1) is 18.2. The SMILES string of the molecule is C=CC=C(C)CON1C(=C)c2cc(NC(=O)C(=C)C=CC)ccc2C(C(=O)NCc2ccc(F)cc2)C1=O. The molecule has 0 spiro atoms. The van der Waals surface area contributed by atoms with Gasteiger partial charge in [-0.3, -0.25) is 19.2 Å². The van der Waals surface area contributed by atoms with E-state index in [4.69, 9.17) is 4.84 Å². The first kappa shape index (κ1) is 28.0. The number of hydroxylamine groups is 2. The minimum Gasteiger partial charge on any atom is -0.351 e. The van der Waals surface area contributed by atoms with Crippen molar-refractivity contribution in [1.82, 2.24) is 10.4 Å². The van der Waals surface area contributed by atoms with Crippen LogP contribution < -0.4 is 10.6 Å². The van der Waals surface area contributed by atoms with Gasteiger partial charge in [-0.2, -0.15) is 5.06 Å². The molecule has 0 saturated carbocycles. The van der Waals surface area contributed by atoms with E-state index in [1.165, 1.54) is 12.1 Å². The van der Waals surface area contributed by atoms with Gasteiger partial charge in [0.1, 0.15) is 11.7 Å². The molecule has 0 aliphatic carbocycles. The van der Waals surface area contributed by atoms with Crippen molar-refractivity contribution in [3.05, 3.63) is 120 Å². The van der Waals surface area contributed by atoms with Crippen molar-refractivity contribution in [3.8, 4) is 0 Å². The summed E-state index contributed by atoms with van der Waals surface area (Å²) in [6.07, 6.45) is 6.63. The molecular formula is C30H30FN3O4. The van der Waals surface area contributed by atoms with Crippen molar-refractivity contribution in [1.29, 1.82) is 0 Å². The van der Waals surface area contributed by atoms with Crippen LogP contribution in [0.1, 0.15) is 36.5 Å². The topological polar surface area (TPSA) is 87.7 Å². The lowest BCUT2D eigenvalue weighted by Crippen LogP contribution is -2.45. The largest absolute Gasteiger partial charge is 0.351 e. The zero-order valence-electron chi connectivity index (χ0n) is 21.4. The second-order valence-electron chi connectivity index (χ2n) is 8.66. The van der Waals surface area contributed by atoms with E-state index in [2.05, 4.69) is 30.4 Å². The minimum absolute atomic E-state index is 0.0651. The second-order valence-corrected chi connectivity index (χ2v) is 8.66. The highest BCUT2D eigenvalue weighted by molar-refractivity contribution is 6.11. The predicted molar refractivity (Wildman–Crippen MR) is 146 cm³/mol. The van der Waals surface area contributed by atoms with Gasteiger partial charge in [-0.05, 0) is 54.8 Å². The van der Waals surface area contributed by atoms with Crippen LogP contribution in [0, 0.1) is 5.82 Å². The lowest BCUT2D eigenvalue weighted by atomic mass is 9.87. The molecule has 0 bridgehead atoms. The maximum Gasteiger partial charge on any atom is 0.267 e. The van der Waals surface area contributed by atoms with Crippen LogP contribution in [0.15, 0.2) is 97.7 Å². The standard InChI is InChI=1S/C30H30FN3O4/c1-6-8-19(3)18-38-34-21(5)26-16-24(33-28(35)20(4)9-7-2)14-15-25(26)27(30(34)37)29(36)32-17-22-10-12-23(31)13-11-22/h6-16,27H,1,4-5,17-18H2,2-3H3,(H,32,36)(H,33,35). The Hall–Kier alpha value is -4.56. The van der Waals surface area contributed by atoms with Crippen LogP contribution in [0.5, 0.6) is 0 Å². The summed E-state index contributed by atoms with van der Waals surface area (Å²) in [5.41, 5.74) is 3.28. The van der Waals surface area contributed by atoms with Crippen LogP contribution in [-0.2, 0) is 25.8 Å². The Balaban J connectivity index is 1.93. The number of anilines is 1.